The summed E-state index contributed by atoms with van der Waals surface area (Å²) in [6.07, 6.45) is 9.16. The molecule has 1 aliphatic carbocycles. The molecule has 1 amide bonds. The predicted molar refractivity (Wildman–Crippen MR) is 109 cm³/mol. The smallest absolute Gasteiger partial charge is 0.233 e. The Labute approximate surface area is 171 Å². The van der Waals surface area contributed by atoms with Crippen LogP contribution in [0.2, 0.25) is 0 Å². The summed E-state index contributed by atoms with van der Waals surface area (Å²) in [5, 5.41) is 9.55. The third-order valence-corrected chi connectivity index (χ3v) is 7.00. The molecule has 152 valence electrons. The van der Waals surface area contributed by atoms with Crippen LogP contribution in [0.25, 0.3) is 0 Å². The maximum atomic E-state index is 13.0. The Morgan fingerprint density at radius 1 is 1.25 bits per heavy atom. The molecule has 2 aliphatic rings. The van der Waals surface area contributed by atoms with Crippen LogP contribution in [0.4, 0.5) is 0 Å². The quantitative estimate of drug-likeness (QED) is 0.674. The van der Waals surface area contributed by atoms with Gasteiger partial charge in [-0.2, -0.15) is 0 Å². The van der Waals surface area contributed by atoms with Crippen molar-refractivity contribution in [2.75, 3.05) is 12.3 Å². The van der Waals surface area contributed by atoms with E-state index in [2.05, 4.69) is 33.5 Å². The van der Waals surface area contributed by atoms with Crippen molar-refractivity contribution in [1.82, 2.24) is 19.7 Å². The monoisotopic (exact) mass is 402 g/mol. The second-order valence-electron chi connectivity index (χ2n) is 8.29. The van der Waals surface area contributed by atoms with Gasteiger partial charge in [-0.3, -0.25) is 9.36 Å². The SMILES string of the molecule is CC(C)c1nnc(SCC(=O)N2CCCC3CCCCC32)n1Cc1ccco1. The summed E-state index contributed by atoms with van der Waals surface area (Å²) < 4.78 is 7.60. The normalized spacial score (nSPS) is 22.5. The van der Waals surface area contributed by atoms with Crippen LogP contribution in [-0.2, 0) is 11.3 Å². The number of nitrogens with zero attached hydrogens (tertiary/aromatic N) is 4. The number of carbonyl (C=O) groups excluding carboxylic acids is 1. The lowest BCUT2D eigenvalue weighted by Gasteiger charge is -2.44. The van der Waals surface area contributed by atoms with Crippen LogP contribution in [-0.4, -0.2) is 43.9 Å². The van der Waals surface area contributed by atoms with E-state index >= 15 is 0 Å². The van der Waals surface area contributed by atoms with Crippen molar-refractivity contribution in [3.63, 3.8) is 0 Å². The van der Waals surface area contributed by atoms with E-state index in [0.29, 0.717) is 24.3 Å². The van der Waals surface area contributed by atoms with E-state index in [4.69, 9.17) is 4.42 Å². The van der Waals surface area contributed by atoms with E-state index in [1.807, 2.05) is 12.1 Å². The molecule has 2 aromatic rings. The molecule has 0 aromatic carbocycles. The first-order chi connectivity index (χ1) is 13.6. The third kappa shape index (κ3) is 4.14. The average molecular weight is 403 g/mol. The highest BCUT2D eigenvalue weighted by molar-refractivity contribution is 7.99. The van der Waals surface area contributed by atoms with E-state index in [1.165, 1.54) is 43.9 Å². The van der Waals surface area contributed by atoms with Crippen molar-refractivity contribution in [2.24, 2.45) is 5.92 Å². The van der Waals surface area contributed by atoms with Gasteiger partial charge in [0.1, 0.15) is 11.6 Å². The van der Waals surface area contributed by atoms with Gasteiger partial charge in [0.05, 0.1) is 18.6 Å². The van der Waals surface area contributed by atoms with Crippen LogP contribution in [0.15, 0.2) is 28.0 Å². The number of furan rings is 1. The average Bonchev–Trinajstić information content (AvgIpc) is 3.36. The summed E-state index contributed by atoms with van der Waals surface area (Å²) in [7, 11) is 0. The summed E-state index contributed by atoms with van der Waals surface area (Å²) in [4.78, 5) is 15.2. The summed E-state index contributed by atoms with van der Waals surface area (Å²) in [5.41, 5.74) is 0. The Kier molecular flexibility index (Phi) is 6.09. The van der Waals surface area contributed by atoms with Crippen LogP contribution in [0.1, 0.15) is 69.9 Å². The largest absolute Gasteiger partial charge is 0.467 e. The molecule has 28 heavy (non-hydrogen) atoms. The molecule has 1 aliphatic heterocycles. The zero-order valence-corrected chi connectivity index (χ0v) is 17.7. The van der Waals surface area contributed by atoms with Crippen molar-refractivity contribution < 1.29 is 9.21 Å². The van der Waals surface area contributed by atoms with Crippen molar-refractivity contribution in [3.8, 4) is 0 Å². The van der Waals surface area contributed by atoms with Crippen LogP contribution < -0.4 is 0 Å². The molecule has 2 atom stereocenters. The van der Waals surface area contributed by atoms with Crippen molar-refractivity contribution >= 4 is 17.7 Å². The van der Waals surface area contributed by atoms with Crippen LogP contribution in [0.5, 0.6) is 0 Å². The number of hydrogen-bond acceptors (Lipinski definition) is 5. The van der Waals surface area contributed by atoms with E-state index in [-0.39, 0.29) is 11.8 Å². The van der Waals surface area contributed by atoms with Crippen molar-refractivity contribution in [2.45, 2.75) is 76.0 Å². The number of carbonyl (C=O) groups is 1. The maximum absolute atomic E-state index is 13.0. The zero-order chi connectivity index (χ0) is 19.5. The minimum absolute atomic E-state index is 0.250. The molecule has 1 saturated carbocycles. The van der Waals surface area contributed by atoms with Gasteiger partial charge >= 0.3 is 0 Å². The fourth-order valence-corrected chi connectivity index (χ4v) is 5.52. The molecule has 0 bridgehead atoms. The second-order valence-corrected chi connectivity index (χ2v) is 9.23. The number of amides is 1. The molecule has 0 radical (unpaired) electrons. The predicted octanol–water partition coefficient (Wildman–Crippen LogP) is 4.32. The van der Waals surface area contributed by atoms with Gasteiger partial charge in [-0.1, -0.05) is 38.5 Å². The first-order valence-corrected chi connectivity index (χ1v) is 11.5. The molecule has 6 nitrogen and oxygen atoms in total. The first kappa shape index (κ1) is 19.6. The number of hydrogen-bond donors (Lipinski definition) is 0. The molecule has 3 heterocycles. The number of fused-ring (bicyclic) bond motifs is 1. The second kappa shape index (κ2) is 8.72. The molecular formula is C21H30N4O2S. The molecule has 1 saturated heterocycles. The molecule has 0 N–H and O–H groups in total. The van der Waals surface area contributed by atoms with Gasteiger partial charge in [-0.05, 0) is 43.7 Å². The highest BCUT2D eigenvalue weighted by Gasteiger charge is 2.35. The topological polar surface area (TPSA) is 64.2 Å². The first-order valence-electron chi connectivity index (χ1n) is 10.5. The summed E-state index contributed by atoms with van der Waals surface area (Å²) in [5.74, 6) is 3.45. The molecule has 2 aromatic heterocycles. The van der Waals surface area contributed by atoms with Gasteiger partial charge in [0.25, 0.3) is 0 Å². The van der Waals surface area contributed by atoms with Gasteiger partial charge in [0, 0.05) is 18.5 Å². The maximum Gasteiger partial charge on any atom is 0.233 e. The Hall–Kier alpha value is -1.76. The van der Waals surface area contributed by atoms with Crippen molar-refractivity contribution in [3.05, 3.63) is 30.0 Å². The fraction of sp³-hybridized carbons (Fsp3) is 0.667. The highest BCUT2D eigenvalue weighted by atomic mass is 32.2. The minimum atomic E-state index is 0.250. The Morgan fingerprint density at radius 3 is 2.86 bits per heavy atom. The van der Waals surface area contributed by atoms with E-state index in [0.717, 1.165) is 29.7 Å². The molecular weight excluding hydrogens is 372 g/mol. The number of rotatable bonds is 6. The van der Waals surface area contributed by atoms with Gasteiger partial charge < -0.3 is 9.32 Å². The Balaban J connectivity index is 1.44. The van der Waals surface area contributed by atoms with Crippen LogP contribution in [0.3, 0.4) is 0 Å². The number of piperidine rings is 1. The van der Waals surface area contributed by atoms with E-state index < -0.39 is 0 Å². The van der Waals surface area contributed by atoms with Gasteiger partial charge in [-0.25, -0.2) is 0 Å². The standard InChI is InChI=1S/C21H30N4O2S/c1-15(2)20-22-23-21(25(20)13-17-9-6-12-27-17)28-14-19(26)24-11-5-8-16-7-3-4-10-18(16)24/h6,9,12,15-16,18H,3-5,7-8,10-11,13-14H2,1-2H3. The summed E-state index contributed by atoms with van der Waals surface area (Å²) in [6.45, 7) is 5.73. The Bertz CT molecular complexity index is 784. The van der Waals surface area contributed by atoms with E-state index in [1.54, 1.807) is 6.26 Å². The fourth-order valence-electron chi connectivity index (χ4n) is 4.68. The Morgan fingerprint density at radius 2 is 2.07 bits per heavy atom. The van der Waals surface area contributed by atoms with Crippen LogP contribution >= 0.6 is 11.8 Å². The van der Waals surface area contributed by atoms with E-state index in [9.17, 15) is 4.79 Å². The van der Waals surface area contributed by atoms with Gasteiger partial charge in [0.2, 0.25) is 5.91 Å². The van der Waals surface area contributed by atoms with Gasteiger partial charge in [-0.15, -0.1) is 10.2 Å². The summed E-state index contributed by atoms with van der Waals surface area (Å²) >= 11 is 1.50. The van der Waals surface area contributed by atoms with Gasteiger partial charge in [0.15, 0.2) is 5.16 Å². The lowest BCUT2D eigenvalue weighted by atomic mass is 9.78. The number of thioether (sulfide) groups is 1. The molecule has 2 fully saturated rings. The highest BCUT2D eigenvalue weighted by Crippen LogP contribution is 2.35. The third-order valence-electron chi connectivity index (χ3n) is 6.04. The molecule has 4 rings (SSSR count). The lowest BCUT2D eigenvalue weighted by molar-refractivity contribution is -0.134. The zero-order valence-electron chi connectivity index (χ0n) is 16.8. The minimum Gasteiger partial charge on any atom is -0.467 e. The molecule has 2 unspecified atom stereocenters. The lowest BCUT2D eigenvalue weighted by Crippen LogP contribution is -2.50. The molecule has 7 heteroatoms. The molecule has 0 spiro atoms. The number of likely N-dealkylation sites (tertiary alicyclic amines) is 1. The summed E-state index contributed by atoms with van der Waals surface area (Å²) in [6, 6.07) is 4.31. The van der Waals surface area contributed by atoms with Crippen molar-refractivity contribution in [1.29, 1.82) is 0 Å². The number of aromatic nitrogens is 3. The van der Waals surface area contributed by atoms with Crippen LogP contribution in [0, 0.1) is 5.92 Å².